The maximum atomic E-state index is 12.3. The Morgan fingerprint density at radius 3 is 2.27 bits per heavy atom. The van der Waals surface area contributed by atoms with Crippen LogP contribution in [0.2, 0.25) is 0 Å². The van der Waals surface area contributed by atoms with Crippen molar-refractivity contribution in [3.63, 3.8) is 0 Å². The molecule has 9 heteroatoms. The van der Waals surface area contributed by atoms with Crippen molar-refractivity contribution in [3.05, 3.63) is 36.7 Å². The third kappa shape index (κ3) is 6.30. The molecule has 2 heterocycles. The van der Waals surface area contributed by atoms with E-state index < -0.39 is 6.36 Å². The van der Waals surface area contributed by atoms with Crippen molar-refractivity contribution in [1.29, 1.82) is 0 Å². The Hall–Kier alpha value is -2.39. The summed E-state index contributed by atoms with van der Waals surface area (Å²) in [5.41, 5.74) is 1.38. The zero-order valence-electron chi connectivity index (χ0n) is 17.4. The first-order chi connectivity index (χ1) is 14.4. The number of nitrogens with zero attached hydrogens (tertiary/aromatic N) is 5. The van der Waals surface area contributed by atoms with Crippen LogP contribution in [0.1, 0.15) is 13.8 Å². The minimum Gasteiger partial charge on any atom is -0.406 e. The predicted molar refractivity (Wildman–Crippen MR) is 111 cm³/mol. The standard InChI is InChI=1S/C21H28F3N5O/c1-3-27(4-2)9-10-28-11-13-29(14-12-28)20-15-19(25-16-26-20)17-5-7-18(8-6-17)30-21(22,23)24/h5-8,15-16H,3-4,9-14H2,1-2H3. The van der Waals surface area contributed by atoms with Gasteiger partial charge in [-0.3, -0.25) is 4.90 Å². The molecular formula is C21H28F3N5O. The zero-order chi connectivity index (χ0) is 21.6. The maximum Gasteiger partial charge on any atom is 0.573 e. The fourth-order valence-electron chi connectivity index (χ4n) is 3.53. The van der Waals surface area contributed by atoms with Gasteiger partial charge in [0.2, 0.25) is 0 Å². The second kappa shape index (κ2) is 10.1. The molecule has 2 aromatic rings. The predicted octanol–water partition coefficient (Wildman–Crippen LogP) is 3.51. The number of anilines is 1. The van der Waals surface area contributed by atoms with Crippen LogP contribution in [0.5, 0.6) is 5.75 Å². The van der Waals surface area contributed by atoms with E-state index in [9.17, 15) is 13.2 Å². The summed E-state index contributed by atoms with van der Waals surface area (Å²) in [6.45, 7) is 12.4. The minimum atomic E-state index is -4.70. The minimum absolute atomic E-state index is 0.249. The lowest BCUT2D eigenvalue weighted by Gasteiger charge is -2.36. The molecule has 0 aliphatic carbocycles. The number of hydrogen-bond donors (Lipinski definition) is 0. The van der Waals surface area contributed by atoms with Crippen LogP contribution in [0.25, 0.3) is 11.3 Å². The number of benzene rings is 1. The van der Waals surface area contributed by atoms with Gasteiger partial charge in [0.05, 0.1) is 5.69 Å². The highest BCUT2D eigenvalue weighted by atomic mass is 19.4. The van der Waals surface area contributed by atoms with Crippen molar-refractivity contribution < 1.29 is 17.9 Å². The molecular weight excluding hydrogens is 395 g/mol. The molecule has 0 bridgehead atoms. The van der Waals surface area contributed by atoms with Gasteiger partial charge < -0.3 is 14.5 Å². The molecule has 0 spiro atoms. The summed E-state index contributed by atoms with van der Waals surface area (Å²) in [5.74, 6) is 0.584. The van der Waals surface area contributed by atoms with Crippen LogP contribution in [-0.4, -0.2) is 78.5 Å². The SMILES string of the molecule is CCN(CC)CCN1CCN(c2cc(-c3ccc(OC(F)(F)F)cc3)ncn2)CC1. The van der Waals surface area contributed by atoms with Crippen molar-refractivity contribution in [2.75, 3.05) is 57.3 Å². The number of hydrogen-bond acceptors (Lipinski definition) is 6. The van der Waals surface area contributed by atoms with Gasteiger partial charge in [-0.2, -0.15) is 0 Å². The van der Waals surface area contributed by atoms with E-state index in [1.54, 1.807) is 12.1 Å². The molecule has 1 aliphatic rings. The Morgan fingerprint density at radius 1 is 1.00 bits per heavy atom. The van der Waals surface area contributed by atoms with Crippen molar-refractivity contribution >= 4 is 5.82 Å². The van der Waals surface area contributed by atoms with Crippen LogP contribution >= 0.6 is 0 Å². The van der Waals surface area contributed by atoms with Gasteiger partial charge in [0, 0.05) is 50.9 Å². The summed E-state index contributed by atoms with van der Waals surface area (Å²) in [6.07, 6.45) is -3.20. The van der Waals surface area contributed by atoms with Gasteiger partial charge in [0.1, 0.15) is 17.9 Å². The topological polar surface area (TPSA) is 44.7 Å². The number of ether oxygens (including phenoxy) is 1. The number of piperazine rings is 1. The van der Waals surface area contributed by atoms with E-state index in [1.807, 2.05) is 6.07 Å². The summed E-state index contributed by atoms with van der Waals surface area (Å²) in [6, 6.07) is 7.60. The monoisotopic (exact) mass is 423 g/mol. The molecule has 0 saturated carbocycles. The first-order valence-corrected chi connectivity index (χ1v) is 10.3. The van der Waals surface area contributed by atoms with E-state index >= 15 is 0 Å². The van der Waals surface area contributed by atoms with Crippen LogP contribution in [0.15, 0.2) is 36.7 Å². The number of halogens is 3. The van der Waals surface area contributed by atoms with E-state index in [-0.39, 0.29) is 5.75 Å². The van der Waals surface area contributed by atoms with Gasteiger partial charge in [-0.1, -0.05) is 13.8 Å². The fraction of sp³-hybridized carbons (Fsp3) is 0.524. The van der Waals surface area contributed by atoms with Crippen LogP contribution < -0.4 is 9.64 Å². The Morgan fingerprint density at radius 2 is 1.67 bits per heavy atom. The number of aromatic nitrogens is 2. The van der Waals surface area contributed by atoms with Crippen LogP contribution in [-0.2, 0) is 0 Å². The highest BCUT2D eigenvalue weighted by molar-refractivity contribution is 5.63. The quantitative estimate of drug-likeness (QED) is 0.648. The van der Waals surface area contributed by atoms with E-state index in [2.05, 4.69) is 43.3 Å². The molecule has 3 rings (SSSR count). The Labute approximate surface area is 175 Å². The van der Waals surface area contributed by atoms with E-state index in [4.69, 9.17) is 0 Å². The maximum absolute atomic E-state index is 12.3. The molecule has 1 aromatic heterocycles. The number of alkyl halides is 3. The van der Waals surface area contributed by atoms with Gasteiger partial charge >= 0.3 is 6.36 Å². The third-order valence-corrected chi connectivity index (χ3v) is 5.36. The van der Waals surface area contributed by atoms with Crippen molar-refractivity contribution in [3.8, 4) is 17.0 Å². The first kappa shape index (κ1) is 22.3. The fourth-order valence-corrected chi connectivity index (χ4v) is 3.53. The van der Waals surface area contributed by atoms with Crippen LogP contribution in [0, 0.1) is 0 Å². The molecule has 1 fully saturated rings. The van der Waals surface area contributed by atoms with Crippen LogP contribution in [0.4, 0.5) is 19.0 Å². The Bertz CT molecular complexity index is 788. The lowest BCUT2D eigenvalue weighted by atomic mass is 10.1. The van der Waals surface area contributed by atoms with Crippen LogP contribution in [0.3, 0.4) is 0 Å². The Balaban J connectivity index is 1.58. The Kier molecular flexibility index (Phi) is 7.49. The van der Waals surface area contributed by atoms with E-state index in [0.29, 0.717) is 11.3 Å². The van der Waals surface area contributed by atoms with Gasteiger partial charge in [-0.25, -0.2) is 9.97 Å². The third-order valence-electron chi connectivity index (χ3n) is 5.36. The second-order valence-corrected chi connectivity index (χ2v) is 7.19. The average Bonchev–Trinajstić information content (AvgIpc) is 2.74. The molecule has 0 amide bonds. The molecule has 0 N–H and O–H groups in total. The van der Waals surface area contributed by atoms with Crippen molar-refractivity contribution in [2.45, 2.75) is 20.2 Å². The molecule has 1 aliphatic heterocycles. The normalized spacial score (nSPS) is 15.6. The summed E-state index contributed by atoms with van der Waals surface area (Å²) in [5, 5.41) is 0. The lowest BCUT2D eigenvalue weighted by molar-refractivity contribution is -0.274. The highest BCUT2D eigenvalue weighted by Crippen LogP contribution is 2.27. The summed E-state index contributed by atoms with van der Waals surface area (Å²) in [7, 11) is 0. The van der Waals surface area contributed by atoms with Gasteiger partial charge in [0.15, 0.2) is 0 Å². The zero-order valence-corrected chi connectivity index (χ0v) is 17.4. The molecule has 6 nitrogen and oxygen atoms in total. The smallest absolute Gasteiger partial charge is 0.406 e. The molecule has 0 radical (unpaired) electrons. The number of likely N-dealkylation sites (N-methyl/N-ethyl adjacent to an activating group) is 1. The van der Waals surface area contributed by atoms with E-state index in [0.717, 1.165) is 58.2 Å². The van der Waals surface area contributed by atoms with Gasteiger partial charge in [-0.05, 0) is 37.4 Å². The number of rotatable bonds is 8. The first-order valence-electron chi connectivity index (χ1n) is 10.3. The highest BCUT2D eigenvalue weighted by Gasteiger charge is 2.31. The average molecular weight is 423 g/mol. The molecule has 1 aromatic carbocycles. The second-order valence-electron chi connectivity index (χ2n) is 7.19. The lowest BCUT2D eigenvalue weighted by Crippen LogP contribution is -2.48. The molecule has 164 valence electrons. The largest absolute Gasteiger partial charge is 0.573 e. The molecule has 0 atom stereocenters. The molecule has 30 heavy (non-hydrogen) atoms. The summed E-state index contributed by atoms with van der Waals surface area (Å²) >= 11 is 0. The molecule has 1 saturated heterocycles. The van der Waals surface area contributed by atoms with Crippen molar-refractivity contribution in [2.24, 2.45) is 0 Å². The molecule has 0 unspecified atom stereocenters. The van der Waals surface area contributed by atoms with Gasteiger partial charge in [-0.15, -0.1) is 13.2 Å². The summed E-state index contributed by atoms with van der Waals surface area (Å²) < 4.78 is 40.9. The van der Waals surface area contributed by atoms with Gasteiger partial charge in [0.25, 0.3) is 0 Å². The summed E-state index contributed by atoms with van der Waals surface area (Å²) in [4.78, 5) is 15.8. The van der Waals surface area contributed by atoms with Crippen molar-refractivity contribution in [1.82, 2.24) is 19.8 Å². The van der Waals surface area contributed by atoms with E-state index in [1.165, 1.54) is 18.5 Å².